The summed E-state index contributed by atoms with van der Waals surface area (Å²) >= 11 is 6.31. The van der Waals surface area contributed by atoms with Gasteiger partial charge in [-0.1, -0.05) is 72.3 Å². The van der Waals surface area contributed by atoms with Gasteiger partial charge in [0.1, 0.15) is 5.75 Å². The Morgan fingerprint density at radius 2 is 1.61 bits per heavy atom. The van der Waals surface area contributed by atoms with Crippen LogP contribution in [0.15, 0.2) is 78.9 Å². The van der Waals surface area contributed by atoms with Crippen LogP contribution in [0, 0.1) is 5.92 Å². The Kier molecular flexibility index (Phi) is 5.36. The van der Waals surface area contributed by atoms with Crippen molar-refractivity contribution in [2.75, 3.05) is 7.11 Å². The van der Waals surface area contributed by atoms with Crippen LogP contribution >= 0.6 is 11.6 Å². The zero-order valence-corrected chi connectivity index (χ0v) is 16.4. The largest absolute Gasteiger partial charge is 0.497 e. The summed E-state index contributed by atoms with van der Waals surface area (Å²) in [6.45, 7) is 0. The highest BCUT2D eigenvalue weighted by molar-refractivity contribution is 6.31. The lowest BCUT2D eigenvalue weighted by atomic mass is 9.98. The Morgan fingerprint density at radius 1 is 0.964 bits per heavy atom. The summed E-state index contributed by atoms with van der Waals surface area (Å²) < 4.78 is 5.26. The molecule has 3 unspecified atom stereocenters. The molecule has 3 aromatic rings. The molecule has 142 valence electrons. The lowest BCUT2D eigenvalue weighted by Gasteiger charge is -2.20. The molecule has 1 N–H and O–H groups in total. The number of nitrogens with one attached hydrogen (secondary N) is 1. The molecule has 3 atom stereocenters. The van der Waals surface area contributed by atoms with Gasteiger partial charge in [-0.3, -0.25) is 4.79 Å². The second kappa shape index (κ2) is 8.07. The smallest absolute Gasteiger partial charge is 0.224 e. The van der Waals surface area contributed by atoms with Gasteiger partial charge in [-0.05, 0) is 47.2 Å². The first-order valence-corrected chi connectivity index (χ1v) is 9.79. The van der Waals surface area contributed by atoms with Gasteiger partial charge in [-0.25, -0.2) is 0 Å². The number of carbonyl (C=O) groups is 1. The molecule has 3 nitrogen and oxygen atoms in total. The second-order valence-electron chi connectivity index (χ2n) is 7.10. The maximum absolute atomic E-state index is 13.0. The number of amides is 1. The lowest BCUT2D eigenvalue weighted by Crippen LogP contribution is -2.30. The summed E-state index contributed by atoms with van der Waals surface area (Å²) in [4.78, 5) is 13.0. The monoisotopic (exact) mass is 391 g/mol. The third-order valence-electron chi connectivity index (χ3n) is 5.30. The van der Waals surface area contributed by atoms with E-state index in [0.717, 1.165) is 33.9 Å². The van der Waals surface area contributed by atoms with Crippen LogP contribution in [0.25, 0.3) is 0 Å². The predicted molar refractivity (Wildman–Crippen MR) is 112 cm³/mol. The minimum atomic E-state index is -0.202. The van der Waals surface area contributed by atoms with Crippen LogP contribution in [0.4, 0.5) is 0 Å². The number of benzene rings is 3. The Morgan fingerprint density at radius 3 is 2.29 bits per heavy atom. The molecular formula is C24H22ClNO2. The molecule has 0 aliphatic heterocycles. The first-order valence-electron chi connectivity index (χ1n) is 9.41. The van der Waals surface area contributed by atoms with Crippen molar-refractivity contribution < 1.29 is 9.53 Å². The third-order valence-corrected chi connectivity index (χ3v) is 5.64. The fraction of sp³-hybridized carbons (Fsp3) is 0.208. The first kappa shape index (κ1) is 18.6. The molecule has 0 aromatic heterocycles. The average molecular weight is 392 g/mol. The highest BCUT2D eigenvalue weighted by Gasteiger charge is 2.45. The average Bonchev–Trinajstić information content (AvgIpc) is 3.54. The first-order chi connectivity index (χ1) is 13.7. The zero-order valence-electron chi connectivity index (χ0n) is 15.6. The normalized spacial score (nSPS) is 18.9. The maximum Gasteiger partial charge on any atom is 0.224 e. The maximum atomic E-state index is 13.0. The van der Waals surface area contributed by atoms with Crippen LogP contribution in [-0.2, 0) is 4.79 Å². The lowest BCUT2D eigenvalue weighted by molar-refractivity contribution is -0.122. The standard InChI is InChI=1S/C24H22ClNO2/c1-28-18-13-11-17(12-14-18)23(16-7-3-2-4-8-16)26-24(27)21-15-20(21)19-9-5-6-10-22(19)25/h2-14,20-21,23H,15H2,1H3,(H,26,27). The molecule has 1 saturated carbocycles. The molecule has 28 heavy (non-hydrogen) atoms. The van der Waals surface area contributed by atoms with E-state index in [1.54, 1.807) is 7.11 Å². The van der Waals surface area contributed by atoms with Gasteiger partial charge in [0.15, 0.2) is 0 Å². The Hall–Kier alpha value is -2.78. The third kappa shape index (κ3) is 3.90. The number of rotatable bonds is 6. The van der Waals surface area contributed by atoms with Gasteiger partial charge < -0.3 is 10.1 Å². The molecular weight excluding hydrogens is 370 g/mol. The molecule has 4 rings (SSSR count). The van der Waals surface area contributed by atoms with E-state index in [1.165, 1.54) is 0 Å². The zero-order chi connectivity index (χ0) is 19.5. The van der Waals surface area contributed by atoms with Gasteiger partial charge in [0.2, 0.25) is 5.91 Å². The van der Waals surface area contributed by atoms with Gasteiger partial charge in [-0.2, -0.15) is 0 Å². The Balaban J connectivity index is 1.54. The van der Waals surface area contributed by atoms with E-state index in [9.17, 15) is 4.79 Å². The van der Waals surface area contributed by atoms with Crippen LogP contribution in [-0.4, -0.2) is 13.0 Å². The van der Waals surface area contributed by atoms with E-state index in [0.29, 0.717) is 0 Å². The molecule has 0 bridgehead atoms. The van der Waals surface area contributed by atoms with Crippen LogP contribution in [0.3, 0.4) is 0 Å². The molecule has 3 aromatic carbocycles. The number of carbonyl (C=O) groups excluding carboxylic acids is 1. The fourth-order valence-electron chi connectivity index (χ4n) is 3.65. The number of methoxy groups -OCH3 is 1. The number of hydrogen-bond acceptors (Lipinski definition) is 2. The summed E-state index contributed by atoms with van der Waals surface area (Å²) in [6.07, 6.45) is 0.833. The van der Waals surface area contributed by atoms with E-state index < -0.39 is 0 Å². The molecule has 0 heterocycles. The van der Waals surface area contributed by atoms with Gasteiger partial charge in [0.05, 0.1) is 13.2 Å². The SMILES string of the molecule is COc1ccc(C(NC(=O)C2CC2c2ccccc2Cl)c2ccccc2)cc1. The van der Waals surface area contributed by atoms with Crippen molar-refractivity contribution in [3.63, 3.8) is 0 Å². The van der Waals surface area contributed by atoms with Crippen molar-refractivity contribution in [3.8, 4) is 5.75 Å². The predicted octanol–water partition coefficient (Wildman–Crippen LogP) is 5.36. The summed E-state index contributed by atoms with van der Waals surface area (Å²) in [5, 5.41) is 3.98. The highest BCUT2D eigenvalue weighted by atomic mass is 35.5. The summed E-state index contributed by atoms with van der Waals surface area (Å²) in [5.41, 5.74) is 3.14. The van der Waals surface area contributed by atoms with Gasteiger partial charge in [0, 0.05) is 10.9 Å². The van der Waals surface area contributed by atoms with Crippen molar-refractivity contribution in [1.82, 2.24) is 5.32 Å². The second-order valence-corrected chi connectivity index (χ2v) is 7.50. The van der Waals surface area contributed by atoms with Gasteiger partial charge >= 0.3 is 0 Å². The molecule has 1 amide bonds. The number of ether oxygens (including phenoxy) is 1. The van der Waals surface area contributed by atoms with Crippen LogP contribution in [0.2, 0.25) is 5.02 Å². The Bertz CT molecular complexity index is 956. The number of hydrogen-bond donors (Lipinski definition) is 1. The van der Waals surface area contributed by atoms with E-state index in [-0.39, 0.29) is 23.8 Å². The Labute approximate surface area is 170 Å². The molecule has 0 saturated heterocycles. The minimum Gasteiger partial charge on any atom is -0.497 e. The summed E-state index contributed by atoms with van der Waals surface area (Å²) in [5.74, 6) is 1.02. The van der Waals surface area contributed by atoms with E-state index in [4.69, 9.17) is 16.3 Å². The van der Waals surface area contributed by atoms with Crippen molar-refractivity contribution in [3.05, 3.63) is 101 Å². The topological polar surface area (TPSA) is 38.3 Å². The quantitative estimate of drug-likeness (QED) is 0.614. The minimum absolute atomic E-state index is 0.0376. The van der Waals surface area contributed by atoms with Gasteiger partial charge in [0.25, 0.3) is 0 Å². The van der Waals surface area contributed by atoms with Crippen molar-refractivity contribution in [2.45, 2.75) is 18.4 Å². The molecule has 4 heteroatoms. The van der Waals surface area contributed by atoms with Crippen LogP contribution < -0.4 is 10.1 Å². The fourth-order valence-corrected chi connectivity index (χ4v) is 3.93. The van der Waals surface area contributed by atoms with E-state index >= 15 is 0 Å². The van der Waals surface area contributed by atoms with Crippen LogP contribution in [0.5, 0.6) is 5.75 Å². The summed E-state index contributed by atoms with van der Waals surface area (Å²) in [7, 11) is 1.65. The molecule has 1 aliphatic carbocycles. The van der Waals surface area contributed by atoms with Crippen molar-refractivity contribution >= 4 is 17.5 Å². The van der Waals surface area contributed by atoms with Crippen molar-refractivity contribution in [1.29, 1.82) is 0 Å². The highest BCUT2D eigenvalue weighted by Crippen LogP contribution is 2.50. The molecule has 0 radical (unpaired) electrons. The molecule has 0 spiro atoms. The van der Waals surface area contributed by atoms with Crippen LogP contribution in [0.1, 0.15) is 35.1 Å². The van der Waals surface area contributed by atoms with E-state index in [1.807, 2.05) is 78.9 Å². The summed E-state index contributed by atoms with van der Waals surface area (Å²) in [6, 6.07) is 25.4. The molecule has 1 aliphatic rings. The van der Waals surface area contributed by atoms with E-state index in [2.05, 4.69) is 5.32 Å². The molecule has 1 fully saturated rings. The van der Waals surface area contributed by atoms with Gasteiger partial charge in [-0.15, -0.1) is 0 Å². The van der Waals surface area contributed by atoms with Crippen molar-refractivity contribution in [2.24, 2.45) is 5.92 Å². The number of halogens is 1.